The van der Waals surface area contributed by atoms with E-state index in [1.807, 2.05) is 30.3 Å². The number of alkyl halides is 2. The molecular weight excluding hydrogens is 428 g/mol. The van der Waals surface area contributed by atoms with Crippen molar-refractivity contribution in [3.8, 4) is 11.5 Å². The van der Waals surface area contributed by atoms with E-state index in [9.17, 15) is 13.9 Å². The van der Waals surface area contributed by atoms with Crippen LogP contribution < -0.4 is 0 Å². The van der Waals surface area contributed by atoms with Crippen LogP contribution >= 0.6 is 0 Å². The lowest BCUT2D eigenvalue weighted by atomic mass is 9.99. The van der Waals surface area contributed by atoms with Crippen LogP contribution in [0.2, 0.25) is 0 Å². The topological polar surface area (TPSA) is 87.1 Å². The van der Waals surface area contributed by atoms with Crippen LogP contribution in [0.5, 0.6) is 0 Å². The Balaban J connectivity index is 2.05. The van der Waals surface area contributed by atoms with Crippen molar-refractivity contribution in [2.75, 3.05) is 14.1 Å². The van der Waals surface area contributed by atoms with Crippen molar-refractivity contribution in [1.82, 2.24) is 15.1 Å². The zero-order valence-electron chi connectivity index (χ0n) is 18.8. The van der Waals surface area contributed by atoms with Crippen LogP contribution in [0.3, 0.4) is 0 Å². The highest BCUT2D eigenvalue weighted by Gasteiger charge is 2.21. The summed E-state index contributed by atoms with van der Waals surface area (Å²) >= 11 is 0. The van der Waals surface area contributed by atoms with E-state index in [1.165, 1.54) is 17.0 Å². The Hall–Kier alpha value is -3.56. The van der Waals surface area contributed by atoms with Crippen molar-refractivity contribution in [2.45, 2.75) is 26.5 Å². The summed E-state index contributed by atoms with van der Waals surface area (Å²) < 4.78 is 33.5. The minimum Gasteiger partial charge on any atom is -0.415 e. The zero-order valence-corrected chi connectivity index (χ0v) is 18.8. The highest BCUT2D eigenvalue weighted by molar-refractivity contribution is 6.03. The van der Waals surface area contributed by atoms with Gasteiger partial charge in [0.2, 0.25) is 5.89 Å². The highest BCUT2D eigenvalue weighted by atomic mass is 19.3. The molecular formula is C24H25F2N5O2. The van der Waals surface area contributed by atoms with Crippen molar-refractivity contribution in [1.29, 1.82) is 0 Å². The molecule has 33 heavy (non-hydrogen) atoms. The fourth-order valence-electron chi connectivity index (χ4n) is 3.15. The second-order valence-corrected chi connectivity index (χ2v) is 7.55. The predicted octanol–water partition coefficient (Wildman–Crippen LogP) is 5.13. The van der Waals surface area contributed by atoms with Gasteiger partial charge < -0.3 is 9.52 Å². The minimum atomic E-state index is -2.77. The van der Waals surface area contributed by atoms with Gasteiger partial charge in [0.25, 0.3) is 12.3 Å². The Morgan fingerprint density at radius 2 is 1.79 bits per heavy atom. The lowest BCUT2D eigenvalue weighted by Crippen LogP contribution is -2.19. The number of aliphatic hydroxyl groups is 1. The molecule has 2 aromatic carbocycles. The van der Waals surface area contributed by atoms with Gasteiger partial charge in [-0.1, -0.05) is 30.3 Å². The van der Waals surface area contributed by atoms with Gasteiger partial charge in [0.1, 0.15) is 11.9 Å². The first-order chi connectivity index (χ1) is 15.7. The van der Waals surface area contributed by atoms with Gasteiger partial charge in [-0.2, -0.15) is 0 Å². The van der Waals surface area contributed by atoms with E-state index < -0.39 is 12.7 Å². The number of hydrogen-bond acceptors (Lipinski definition) is 7. The maximum absolute atomic E-state index is 13.9. The molecule has 0 amide bonds. The summed E-state index contributed by atoms with van der Waals surface area (Å²) in [6.45, 7) is 6.79. The molecule has 0 radical (unpaired) electrons. The summed E-state index contributed by atoms with van der Waals surface area (Å²) in [6.07, 6.45) is -3.77. The standard InChI is InChI=1S/C24H25F2N5O2/c1-14(18-12-11-17(24(32)31(4)5)13-19(18)21(25)26)28-20(15(2)27-3)23-30-29-22(33-23)16-9-7-6-8-10-16/h6-13,21,24,32H,3H2,1-2,4-5H3/b20-15-,28-14?. The number of hydrogen-bond donors (Lipinski definition) is 1. The molecule has 7 nitrogen and oxygen atoms in total. The third-order valence-electron chi connectivity index (χ3n) is 5.00. The molecule has 0 saturated heterocycles. The fraction of sp³-hybridized carbons (Fsp3) is 0.250. The van der Waals surface area contributed by atoms with Crippen molar-refractivity contribution in [3.63, 3.8) is 0 Å². The highest BCUT2D eigenvalue weighted by Crippen LogP contribution is 2.30. The van der Waals surface area contributed by atoms with Gasteiger partial charge in [-0.3, -0.25) is 9.89 Å². The molecule has 0 spiro atoms. The van der Waals surface area contributed by atoms with Gasteiger partial charge >= 0.3 is 0 Å². The molecule has 1 aromatic heterocycles. The Bertz CT molecular complexity index is 1190. The SMILES string of the molecule is C=N/C(C)=C(\N=C(C)c1ccc(C(O)N(C)C)cc1C(F)F)c1nnc(-c2ccccc2)o1. The van der Waals surface area contributed by atoms with Crippen LogP contribution in [-0.4, -0.2) is 46.7 Å². The first kappa shape index (κ1) is 24.1. The van der Waals surface area contributed by atoms with Crippen LogP contribution in [0.4, 0.5) is 8.78 Å². The minimum absolute atomic E-state index is 0.0938. The molecule has 9 heteroatoms. The Labute approximate surface area is 190 Å². The molecule has 0 aliphatic heterocycles. The van der Waals surface area contributed by atoms with Crippen molar-refractivity contribution in [3.05, 3.63) is 76.8 Å². The predicted molar refractivity (Wildman–Crippen MR) is 124 cm³/mol. The Morgan fingerprint density at radius 1 is 1.09 bits per heavy atom. The molecule has 0 saturated carbocycles. The molecule has 0 bridgehead atoms. The molecule has 172 valence electrons. The molecule has 1 unspecified atom stereocenters. The van der Waals surface area contributed by atoms with Gasteiger partial charge in [-0.15, -0.1) is 10.2 Å². The Morgan fingerprint density at radius 3 is 2.39 bits per heavy atom. The maximum Gasteiger partial charge on any atom is 0.268 e. The van der Waals surface area contributed by atoms with E-state index in [0.717, 1.165) is 5.56 Å². The summed E-state index contributed by atoms with van der Waals surface area (Å²) in [5.41, 5.74) is 2.01. The van der Waals surface area contributed by atoms with Crippen LogP contribution in [0.1, 0.15) is 49.1 Å². The molecule has 3 rings (SSSR count). The Kier molecular flexibility index (Phi) is 7.57. The van der Waals surface area contributed by atoms with Crippen LogP contribution in [0.25, 0.3) is 17.2 Å². The van der Waals surface area contributed by atoms with Crippen LogP contribution in [0, 0.1) is 0 Å². The van der Waals surface area contributed by atoms with Crippen molar-refractivity contribution < 1.29 is 18.3 Å². The number of halogens is 2. The summed E-state index contributed by atoms with van der Waals surface area (Å²) in [6, 6.07) is 13.6. The van der Waals surface area contributed by atoms with E-state index in [0.29, 0.717) is 22.9 Å². The van der Waals surface area contributed by atoms with E-state index >= 15 is 0 Å². The number of nitrogens with zero attached hydrogens (tertiary/aromatic N) is 5. The van der Waals surface area contributed by atoms with Gasteiger partial charge in [-0.25, -0.2) is 13.8 Å². The first-order valence-corrected chi connectivity index (χ1v) is 10.1. The monoisotopic (exact) mass is 453 g/mol. The van der Waals surface area contributed by atoms with Gasteiger partial charge in [-0.05, 0) is 58.4 Å². The van der Waals surface area contributed by atoms with E-state index in [-0.39, 0.29) is 22.7 Å². The average molecular weight is 453 g/mol. The number of allylic oxidation sites excluding steroid dienone is 1. The number of benzene rings is 2. The summed E-state index contributed by atoms with van der Waals surface area (Å²) in [5, 5.41) is 18.4. The fourth-order valence-corrected chi connectivity index (χ4v) is 3.15. The van der Waals surface area contributed by atoms with Crippen LogP contribution in [0.15, 0.2) is 68.6 Å². The molecule has 0 aliphatic carbocycles. The molecule has 1 heterocycles. The van der Waals surface area contributed by atoms with Crippen molar-refractivity contribution >= 4 is 18.1 Å². The summed E-state index contributed by atoms with van der Waals surface area (Å²) in [7, 11) is 3.31. The van der Waals surface area contributed by atoms with Crippen LogP contribution in [-0.2, 0) is 0 Å². The second-order valence-electron chi connectivity index (χ2n) is 7.55. The first-order valence-electron chi connectivity index (χ1n) is 10.1. The molecule has 0 aliphatic rings. The second kappa shape index (κ2) is 10.4. The molecule has 1 atom stereocenters. The maximum atomic E-state index is 13.9. The van der Waals surface area contributed by atoms with E-state index in [1.54, 1.807) is 34.0 Å². The smallest absolute Gasteiger partial charge is 0.268 e. The normalized spacial score (nSPS) is 13.9. The largest absolute Gasteiger partial charge is 0.415 e. The van der Waals surface area contributed by atoms with Gasteiger partial charge in [0.15, 0.2) is 0 Å². The summed E-state index contributed by atoms with van der Waals surface area (Å²) in [4.78, 5) is 9.94. The molecule has 3 aromatic rings. The summed E-state index contributed by atoms with van der Waals surface area (Å²) in [5.74, 6) is 0.388. The number of aliphatic hydroxyl groups excluding tert-OH is 1. The van der Waals surface area contributed by atoms with E-state index in [2.05, 4.69) is 26.9 Å². The quantitative estimate of drug-likeness (QED) is 0.378. The number of rotatable bonds is 8. The third kappa shape index (κ3) is 5.44. The third-order valence-corrected chi connectivity index (χ3v) is 5.00. The van der Waals surface area contributed by atoms with Crippen molar-refractivity contribution in [2.24, 2.45) is 9.98 Å². The number of aromatic nitrogens is 2. The van der Waals surface area contributed by atoms with Gasteiger partial charge in [0, 0.05) is 22.4 Å². The average Bonchev–Trinajstić information content (AvgIpc) is 3.31. The zero-order chi connectivity index (χ0) is 24.1. The lowest BCUT2D eigenvalue weighted by molar-refractivity contribution is 0.0392. The molecule has 0 fully saturated rings. The molecule has 1 N–H and O–H groups in total. The lowest BCUT2D eigenvalue weighted by Gasteiger charge is -2.20. The van der Waals surface area contributed by atoms with Gasteiger partial charge in [0.05, 0.1) is 5.70 Å². The number of aliphatic imine (C=N–C) groups is 2. The van der Waals surface area contributed by atoms with E-state index in [4.69, 9.17) is 4.42 Å².